The van der Waals surface area contributed by atoms with E-state index in [-0.39, 0.29) is 5.75 Å². The molecule has 3 heterocycles. The summed E-state index contributed by atoms with van der Waals surface area (Å²) >= 11 is 6.03. The van der Waals surface area contributed by atoms with E-state index in [0.29, 0.717) is 5.15 Å². The number of piperazine rings is 1. The Morgan fingerprint density at radius 1 is 0.875 bits per heavy atom. The van der Waals surface area contributed by atoms with Gasteiger partial charge in [0.05, 0.1) is 5.52 Å². The molecule has 4 rings (SSSR count). The minimum atomic E-state index is 0.285. The maximum atomic E-state index is 9.41. The van der Waals surface area contributed by atoms with Crippen LogP contribution in [0, 0.1) is 0 Å². The van der Waals surface area contributed by atoms with E-state index in [4.69, 9.17) is 11.6 Å². The van der Waals surface area contributed by atoms with E-state index in [2.05, 4.69) is 24.8 Å². The highest BCUT2D eigenvalue weighted by Crippen LogP contribution is 2.25. The number of pyridine rings is 1. The van der Waals surface area contributed by atoms with Crippen LogP contribution in [0.15, 0.2) is 42.7 Å². The fourth-order valence-electron chi connectivity index (χ4n) is 2.97. The molecule has 0 saturated carbocycles. The maximum Gasteiger partial charge on any atom is 0.158 e. The van der Waals surface area contributed by atoms with Crippen LogP contribution in [-0.2, 0) is 0 Å². The molecule has 0 radical (unpaired) electrons. The van der Waals surface area contributed by atoms with Gasteiger partial charge in [-0.15, -0.1) is 0 Å². The Hall–Kier alpha value is -2.60. The van der Waals surface area contributed by atoms with E-state index in [1.807, 2.05) is 18.2 Å². The molecular formula is C17H16ClN5O. The second-order valence-electron chi connectivity index (χ2n) is 5.69. The number of fused-ring (bicyclic) bond motifs is 1. The van der Waals surface area contributed by atoms with Crippen LogP contribution < -0.4 is 9.80 Å². The lowest BCUT2D eigenvalue weighted by Gasteiger charge is -2.36. The fraction of sp³-hybridized carbons (Fsp3) is 0.235. The maximum absolute atomic E-state index is 9.41. The number of phenolic OH excluding ortho intramolecular Hbond substituents is 1. The standard InChI is InChI=1S/C17H16ClN5O/c18-15-6-5-14-16(21-15)17(20-11-19-14)23-9-7-22(8-10-23)12-1-3-13(24)4-2-12/h1-6,11,24H,7-10H2. The van der Waals surface area contributed by atoms with Gasteiger partial charge in [-0.2, -0.15) is 0 Å². The first-order chi connectivity index (χ1) is 11.7. The van der Waals surface area contributed by atoms with Gasteiger partial charge in [-0.3, -0.25) is 0 Å². The summed E-state index contributed by atoms with van der Waals surface area (Å²) in [5, 5.41) is 9.86. The van der Waals surface area contributed by atoms with Gasteiger partial charge in [-0.1, -0.05) is 11.6 Å². The zero-order chi connectivity index (χ0) is 16.5. The zero-order valence-corrected chi connectivity index (χ0v) is 13.7. The Bertz CT molecular complexity index is 862. The van der Waals surface area contributed by atoms with Crippen molar-refractivity contribution in [3.05, 3.63) is 47.9 Å². The van der Waals surface area contributed by atoms with Crippen molar-refractivity contribution in [2.45, 2.75) is 0 Å². The Morgan fingerprint density at radius 2 is 1.58 bits per heavy atom. The molecule has 0 atom stereocenters. The molecule has 7 heteroatoms. The van der Waals surface area contributed by atoms with Crippen LogP contribution in [0.4, 0.5) is 11.5 Å². The molecule has 1 saturated heterocycles. The third-order valence-electron chi connectivity index (χ3n) is 4.22. The average molecular weight is 342 g/mol. The first kappa shape index (κ1) is 15.0. The topological polar surface area (TPSA) is 65.4 Å². The van der Waals surface area contributed by atoms with E-state index in [0.717, 1.165) is 48.7 Å². The smallest absolute Gasteiger partial charge is 0.158 e. The summed E-state index contributed by atoms with van der Waals surface area (Å²) in [6.07, 6.45) is 1.57. The van der Waals surface area contributed by atoms with Crippen molar-refractivity contribution in [2.75, 3.05) is 36.0 Å². The quantitative estimate of drug-likeness (QED) is 0.723. The zero-order valence-electron chi connectivity index (χ0n) is 12.9. The number of rotatable bonds is 2. The predicted octanol–water partition coefficient (Wildman–Crippen LogP) is 2.71. The first-order valence-corrected chi connectivity index (χ1v) is 8.15. The van der Waals surface area contributed by atoms with Crippen molar-refractivity contribution in [3.8, 4) is 5.75 Å². The highest BCUT2D eigenvalue weighted by Gasteiger charge is 2.21. The average Bonchev–Trinajstić information content (AvgIpc) is 2.62. The second kappa shape index (κ2) is 6.13. The van der Waals surface area contributed by atoms with Gasteiger partial charge in [0.1, 0.15) is 22.7 Å². The van der Waals surface area contributed by atoms with Gasteiger partial charge in [0.2, 0.25) is 0 Å². The number of anilines is 2. The van der Waals surface area contributed by atoms with Crippen LogP contribution in [0.5, 0.6) is 5.75 Å². The summed E-state index contributed by atoms with van der Waals surface area (Å²) < 4.78 is 0. The van der Waals surface area contributed by atoms with Crippen LogP contribution >= 0.6 is 11.6 Å². The van der Waals surface area contributed by atoms with Crippen LogP contribution in [-0.4, -0.2) is 46.2 Å². The number of halogens is 1. The van der Waals surface area contributed by atoms with Gasteiger partial charge in [0, 0.05) is 31.9 Å². The molecule has 0 aliphatic carbocycles. The predicted molar refractivity (Wildman–Crippen MR) is 94.9 cm³/mol. The van der Waals surface area contributed by atoms with Crippen molar-refractivity contribution in [2.24, 2.45) is 0 Å². The van der Waals surface area contributed by atoms with Crippen LogP contribution in [0.25, 0.3) is 11.0 Å². The molecule has 24 heavy (non-hydrogen) atoms. The van der Waals surface area contributed by atoms with Gasteiger partial charge in [-0.25, -0.2) is 15.0 Å². The monoisotopic (exact) mass is 341 g/mol. The molecule has 122 valence electrons. The Kier molecular flexibility index (Phi) is 3.82. The Balaban J connectivity index is 1.56. The minimum Gasteiger partial charge on any atom is -0.508 e. The highest BCUT2D eigenvalue weighted by molar-refractivity contribution is 6.29. The number of hydrogen-bond acceptors (Lipinski definition) is 6. The lowest BCUT2D eigenvalue weighted by Crippen LogP contribution is -2.47. The van der Waals surface area contributed by atoms with E-state index in [1.54, 1.807) is 24.5 Å². The molecule has 2 aromatic heterocycles. The lowest BCUT2D eigenvalue weighted by molar-refractivity contribution is 0.475. The third-order valence-corrected chi connectivity index (χ3v) is 4.43. The number of aromatic nitrogens is 3. The van der Waals surface area contributed by atoms with Crippen molar-refractivity contribution < 1.29 is 5.11 Å². The minimum absolute atomic E-state index is 0.285. The van der Waals surface area contributed by atoms with Gasteiger partial charge < -0.3 is 14.9 Å². The molecule has 0 bridgehead atoms. The van der Waals surface area contributed by atoms with Crippen molar-refractivity contribution >= 4 is 34.1 Å². The fourth-order valence-corrected chi connectivity index (χ4v) is 3.12. The molecule has 1 aliphatic heterocycles. The van der Waals surface area contributed by atoms with Crippen LogP contribution in [0.1, 0.15) is 0 Å². The van der Waals surface area contributed by atoms with Gasteiger partial charge >= 0.3 is 0 Å². The van der Waals surface area contributed by atoms with E-state index >= 15 is 0 Å². The molecule has 0 amide bonds. The summed E-state index contributed by atoms with van der Waals surface area (Å²) in [7, 11) is 0. The molecule has 0 spiro atoms. The van der Waals surface area contributed by atoms with E-state index in [1.165, 1.54) is 0 Å². The summed E-state index contributed by atoms with van der Waals surface area (Å²) in [6, 6.07) is 10.9. The van der Waals surface area contributed by atoms with Crippen molar-refractivity contribution in [3.63, 3.8) is 0 Å². The number of benzene rings is 1. The van der Waals surface area contributed by atoms with Crippen LogP contribution in [0.2, 0.25) is 5.15 Å². The van der Waals surface area contributed by atoms with Gasteiger partial charge in [-0.05, 0) is 36.4 Å². The third kappa shape index (κ3) is 2.80. The van der Waals surface area contributed by atoms with Crippen molar-refractivity contribution in [1.29, 1.82) is 0 Å². The van der Waals surface area contributed by atoms with Gasteiger partial charge in [0.25, 0.3) is 0 Å². The molecule has 1 N–H and O–H groups in total. The number of nitrogens with zero attached hydrogens (tertiary/aromatic N) is 5. The number of aromatic hydroxyl groups is 1. The first-order valence-electron chi connectivity index (χ1n) is 7.77. The molecule has 0 unspecified atom stereocenters. The summed E-state index contributed by atoms with van der Waals surface area (Å²) in [5.74, 6) is 1.11. The molecule has 3 aromatic rings. The molecular weight excluding hydrogens is 326 g/mol. The largest absolute Gasteiger partial charge is 0.508 e. The summed E-state index contributed by atoms with van der Waals surface area (Å²) in [6.45, 7) is 3.41. The normalized spacial score (nSPS) is 15.0. The SMILES string of the molecule is Oc1ccc(N2CCN(c3ncnc4ccc(Cl)nc34)CC2)cc1. The highest BCUT2D eigenvalue weighted by atomic mass is 35.5. The van der Waals surface area contributed by atoms with Gasteiger partial charge in [0.15, 0.2) is 5.82 Å². The number of hydrogen-bond donors (Lipinski definition) is 1. The second-order valence-corrected chi connectivity index (χ2v) is 6.08. The Labute approximate surface area is 144 Å². The molecule has 6 nitrogen and oxygen atoms in total. The molecule has 1 fully saturated rings. The summed E-state index contributed by atoms with van der Waals surface area (Å²) in [4.78, 5) is 17.6. The summed E-state index contributed by atoms with van der Waals surface area (Å²) in [5.41, 5.74) is 2.65. The van der Waals surface area contributed by atoms with E-state index in [9.17, 15) is 5.11 Å². The van der Waals surface area contributed by atoms with Crippen LogP contribution in [0.3, 0.4) is 0 Å². The number of phenols is 1. The Morgan fingerprint density at radius 3 is 2.33 bits per heavy atom. The molecule has 1 aliphatic rings. The lowest BCUT2D eigenvalue weighted by atomic mass is 10.2. The molecule has 1 aromatic carbocycles. The van der Waals surface area contributed by atoms with E-state index < -0.39 is 0 Å². The van der Waals surface area contributed by atoms with Crippen molar-refractivity contribution in [1.82, 2.24) is 15.0 Å².